The van der Waals surface area contributed by atoms with Crippen molar-refractivity contribution in [1.82, 2.24) is 9.55 Å². The standard InChI is InChI=1S/C31H35N3O5S/c1-19-15-26(39-3)22(17-25(19)38-2)29-27(14-13-20-9-5-4-6-10-20)40-31(32-29)33-30(37)24-16-21-11-7-8-12-23(21)34(24)18-28(35)36/h7-8,11-12,15-17,20H,4-6,9-10,13-14,18H2,1-3H3,(H,35,36)(H,32,33,37). The number of hydrogen-bond donors (Lipinski definition) is 2. The summed E-state index contributed by atoms with van der Waals surface area (Å²) in [5.41, 5.74) is 3.53. The number of aryl methyl sites for hydroxylation is 2. The largest absolute Gasteiger partial charge is 0.496 e. The van der Waals surface area contributed by atoms with Gasteiger partial charge in [0.2, 0.25) is 0 Å². The molecule has 2 heterocycles. The summed E-state index contributed by atoms with van der Waals surface area (Å²) in [5.74, 6) is 0.720. The summed E-state index contributed by atoms with van der Waals surface area (Å²) in [6.07, 6.45) is 8.33. The molecule has 210 valence electrons. The van der Waals surface area contributed by atoms with E-state index in [1.54, 1.807) is 20.3 Å². The van der Waals surface area contributed by atoms with Crippen LogP contribution in [-0.2, 0) is 17.8 Å². The molecular weight excluding hydrogens is 526 g/mol. The SMILES string of the molecule is COc1cc(-c2nc(NC(=O)c3cc4ccccc4n3CC(=O)O)sc2CCC2CCCCC2)c(OC)cc1C. The molecule has 40 heavy (non-hydrogen) atoms. The van der Waals surface area contributed by atoms with E-state index < -0.39 is 11.9 Å². The van der Waals surface area contributed by atoms with Gasteiger partial charge < -0.3 is 19.1 Å². The number of benzene rings is 2. The number of carbonyl (C=O) groups excluding carboxylic acids is 1. The lowest BCUT2D eigenvalue weighted by atomic mass is 9.86. The van der Waals surface area contributed by atoms with Gasteiger partial charge in [0.25, 0.3) is 5.91 Å². The summed E-state index contributed by atoms with van der Waals surface area (Å²) in [6.45, 7) is 1.66. The van der Waals surface area contributed by atoms with Crippen LogP contribution in [0.15, 0.2) is 42.5 Å². The number of amides is 1. The fourth-order valence-electron chi connectivity index (χ4n) is 5.70. The lowest BCUT2D eigenvalue weighted by Gasteiger charge is -2.21. The average molecular weight is 562 g/mol. The number of aliphatic carboxylic acids is 1. The molecule has 5 rings (SSSR count). The lowest BCUT2D eigenvalue weighted by Crippen LogP contribution is -2.19. The molecule has 9 heteroatoms. The maximum absolute atomic E-state index is 13.5. The third-order valence-corrected chi connectivity index (χ3v) is 8.76. The molecule has 2 aromatic heterocycles. The van der Waals surface area contributed by atoms with Crippen molar-refractivity contribution in [3.8, 4) is 22.8 Å². The number of fused-ring (bicyclic) bond motifs is 1. The number of nitrogens with one attached hydrogen (secondary N) is 1. The van der Waals surface area contributed by atoms with E-state index in [0.29, 0.717) is 22.3 Å². The smallest absolute Gasteiger partial charge is 0.323 e. The van der Waals surface area contributed by atoms with Crippen molar-refractivity contribution in [3.63, 3.8) is 0 Å². The average Bonchev–Trinajstić information content (AvgIpc) is 3.53. The Bertz CT molecular complexity index is 1530. The minimum Gasteiger partial charge on any atom is -0.496 e. The quantitative estimate of drug-likeness (QED) is 0.217. The predicted octanol–water partition coefficient (Wildman–Crippen LogP) is 6.94. The molecule has 2 N–H and O–H groups in total. The molecule has 0 spiro atoms. The molecule has 8 nitrogen and oxygen atoms in total. The third-order valence-electron chi connectivity index (χ3n) is 7.73. The van der Waals surface area contributed by atoms with Gasteiger partial charge in [0.05, 0.1) is 19.9 Å². The topological polar surface area (TPSA) is 103 Å². The zero-order valence-corrected chi connectivity index (χ0v) is 24.0. The van der Waals surface area contributed by atoms with Crippen LogP contribution in [0.3, 0.4) is 0 Å². The van der Waals surface area contributed by atoms with Crippen molar-refractivity contribution in [1.29, 1.82) is 0 Å². The molecular formula is C31H35N3O5S. The molecule has 0 saturated heterocycles. The first-order chi connectivity index (χ1) is 19.4. The molecule has 1 fully saturated rings. The van der Waals surface area contributed by atoms with E-state index in [0.717, 1.165) is 45.7 Å². The summed E-state index contributed by atoms with van der Waals surface area (Å²) in [6, 6.07) is 13.0. The van der Waals surface area contributed by atoms with Crippen molar-refractivity contribution < 1.29 is 24.2 Å². The van der Waals surface area contributed by atoms with Gasteiger partial charge in [-0.2, -0.15) is 0 Å². The molecule has 2 aromatic carbocycles. The maximum Gasteiger partial charge on any atom is 0.323 e. The minimum absolute atomic E-state index is 0.277. The fourth-order valence-corrected chi connectivity index (χ4v) is 6.68. The number of carboxylic acid groups (broad SMARTS) is 1. The number of carbonyl (C=O) groups is 2. The number of nitrogens with zero attached hydrogens (tertiary/aromatic N) is 2. The van der Waals surface area contributed by atoms with Gasteiger partial charge >= 0.3 is 5.97 Å². The molecule has 0 atom stereocenters. The Balaban J connectivity index is 1.51. The molecule has 0 radical (unpaired) electrons. The summed E-state index contributed by atoms with van der Waals surface area (Å²) in [5, 5.41) is 13.7. The highest BCUT2D eigenvalue weighted by Crippen LogP contribution is 2.41. The van der Waals surface area contributed by atoms with Gasteiger partial charge in [-0.25, -0.2) is 4.98 Å². The zero-order chi connectivity index (χ0) is 28.2. The van der Waals surface area contributed by atoms with Crippen LogP contribution in [0.25, 0.3) is 22.2 Å². The van der Waals surface area contributed by atoms with Gasteiger partial charge in [-0.05, 0) is 55.5 Å². The van der Waals surface area contributed by atoms with Crippen LogP contribution in [-0.4, -0.2) is 40.8 Å². The number of thiazole rings is 1. The van der Waals surface area contributed by atoms with E-state index >= 15 is 0 Å². The first-order valence-corrected chi connectivity index (χ1v) is 14.5. The molecule has 1 saturated carbocycles. The summed E-state index contributed by atoms with van der Waals surface area (Å²) in [7, 11) is 3.29. The van der Waals surface area contributed by atoms with Crippen LogP contribution in [0.5, 0.6) is 11.5 Å². The summed E-state index contributed by atoms with van der Waals surface area (Å²) < 4.78 is 12.9. The van der Waals surface area contributed by atoms with Crippen molar-refractivity contribution >= 4 is 39.2 Å². The Hall–Kier alpha value is -3.85. The first-order valence-electron chi connectivity index (χ1n) is 13.7. The highest BCUT2D eigenvalue weighted by atomic mass is 32.1. The Kier molecular flexibility index (Phi) is 8.40. The number of ether oxygens (including phenoxy) is 2. The van der Waals surface area contributed by atoms with Crippen molar-refractivity contribution in [2.75, 3.05) is 19.5 Å². The van der Waals surface area contributed by atoms with Crippen LogP contribution in [0, 0.1) is 12.8 Å². The van der Waals surface area contributed by atoms with Gasteiger partial charge in [0.1, 0.15) is 23.7 Å². The van der Waals surface area contributed by atoms with E-state index in [9.17, 15) is 14.7 Å². The Labute approximate surface area is 238 Å². The molecule has 0 unspecified atom stereocenters. The maximum atomic E-state index is 13.5. The fraction of sp³-hybridized carbons (Fsp3) is 0.387. The summed E-state index contributed by atoms with van der Waals surface area (Å²) >= 11 is 1.46. The number of methoxy groups -OCH3 is 2. The highest BCUT2D eigenvalue weighted by molar-refractivity contribution is 7.16. The van der Waals surface area contributed by atoms with Gasteiger partial charge in [0.15, 0.2) is 5.13 Å². The van der Waals surface area contributed by atoms with Gasteiger partial charge in [-0.15, -0.1) is 11.3 Å². The van der Waals surface area contributed by atoms with Crippen LogP contribution in [0.1, 0.15) is 59.5 Å². The van der Waals surface area contributed by atoms with Crippen molar-refractivity contribution in [2.45, 2.75) is 58.4 Å². The molecule has 1 aliphatic carbocycles. The zero-order valence-electron chi connectivity index (χ0n) is 23.2. The Morgan fingerprint density at radius 1 is 1.07 bits per heavy atom. The van der Waals surface area contributed by atoms with Gasteiger partial charge in [0, 0.05) is 21.3 Å². The van der Waals surface area contributed by atoms with E-state index in [2.05, 4.69) is 5.32 Å². The van der Waals surface area contributed by atoms with E-state index in [1.807, 2.05) is 43.3 Å². The number of hydrogen-bond acceptors (Lipinski definition) is 6. The van der Waals surface area contributed by atoms with Gasteiger partial charge in [-0.1, -0.05) is 50.3 Å². The number of para-hydroxylation sites is 1. The molecule has 0 bridgehead atoms. The van der Waals surface area contributed by atoms with Crippen LogP contribution in [0.2, 0.25) is 0 Å². The van der Waals surface area contributed by atoms with Crippen molar-refractivity contribution in [2.24, 2.45) is 5.92 Å². The second-order valence-corrected chi connectivity index (χ2v) is 11.5. The first kappa shape index (κ1) is 27.7. The predicted molar refractivity (Wildman–Crippen MR) is 158 cm³/mol. The van der Waals surface area contributed by atoms with Crippen LogP contribution < -0.4 is 14.8 Å². The van der Waals surface area contributed by atoms with E-state index in [-0.39, 0.29) is 12.2 Å². The third kappa shape index (κ3) is 5.84. The number of carboxylic acids is 1. The normalized spacial score (nSPS) is 13.9. The molecule has 4 aromatic rings. The molecule has 1 aliphatic rings. The number of anilines is 1. The van der Waals surface area contributed by atoms with Crippen LogP contribution >= 0.6 is 11.3 Å². The lowest BCUT2D eigenvalue weighted by molar-refractivity contribution is -0.137. The molecule has 0 aliphatic heterocycles. The van der Waals surface area contributed by atoms with Crippen LogP contribution in [0.4, 0.5) is 5.13 Å². The second kappa shape index (κ2) is 12.1. The Morgan fingerprint density at radius 3 is 2.55 bits per heavy atom. The number of aromatic nitrogens is 2. The monoisotopic (exact) mass is 561 g/mol. The highest BCUT2D eigenvalue weighted by Gasteiger charge is 2.23. The summed E-state index contributed by atoms with van der Waals surface area (Å²) in [4.78, 5) is 31.1. The second-order valence-electron chi connectivity index (χ2n) is 10.4. The minimum atomic E-state index is -1.02. The molecule has 1 amide bonds. The van der Waals surface area contributed by atoms with E-state index in [1.165, 1.54) is 48.0 Å². The number of rotatable bonds is 10. The van der Waals surface area contributed by atoms with Gasteiger partial charge in [-0.3, -0.25) is 14.9 Å². The van der Waals surface area contributed by atoms with E-state index in [4.69, 9.17) is 14.5 Å². The van der Waals surface area contributed by atoms with Crippen molar-refractivity contribution in [3.05, 3.63) is 58.6 Å². The Morgan fingerprint density at radius 2 is 1.82 bits per heavy atom.